The molecular formula is C10H14FN. The number of halogens is 1. The van der Waals surface area contributed by atoms with Crippen LogP contribution in [-0.2, 0) is 0 Å². The Hall–Kier alpha value is -1.05. The number of anilines is 1. The van der Waals surface area contributed by atoms with Crippen LogP contribution in [0.1, 0.15) is 25.6 Å². The van der Waals surface area contributed by atoms with Gasteiger partial charge in [0.05, 0.1) is 0 Å². The molecule has 1 nitrogen and oxygen atoms in total. The zero-order valence-electron chi connectivity index (χ0n) is 7.42. The summed E-state index contributed by atoms with van der Waals surface area (Å²) >= 11 is 0. The molecule has 0 saturated heterocycles. The highest BCUT2D eigenvalue weighted by Gasteiger charge is 2.15. The minimum absolute atomic E-state index is 0.0188. The molecule has 0 aliphatic heterocycles. The van der Waals surface area contributed by atoms with E-state index in [1.54, 1.807) is 18.2 Å². The third kappa shape index (κ3) is 1.76. The maximum absolute atomic E-state index is 13.4. The summed E-state index contributed by atoms with van der Waals surface area (Å²) in [6.07, 6.45) is -0.953. The van der Waals surface area contributed by atoms with Crippen molar-refractivity contribution in [2.75, 3.05) is 5.73 Å². The van der Waals surface area contributed by atoms with E-state index < -0.39 is 6.17 Å². The summed E-state index contributed by atoms with van der Waals surface area (Å²) in [6, 6.07) is 7.08. The van der Waals surface area contributed by atoms with Gasteiger partial charge in [-0.15, -0.1) is 0 Å². The third-order valence-corrected chi connectivity index (χ3v) is 1.88. The van der Waals surface area contributed by atoms with E-state index in [2.05, 4.69) is 0 Å². The van der Waals surface area contributed by atoms with Crippen LogP contribution in [0.4, 0.5) is 10.1 Å². The number of alkyl halides is 1. The quantitative estimate of drug-likeness (QED) is 0.673. The van der Waals surface area contributed by atoms with Crippen molar-refractivity contribution >= 4 is 5.69 Å². The summed E-state index contributed by atoms with van der Waals surface area (Å²) in [5.41, 5.74) is 6.76. The lowest BCUT2D eigenvalue weighted by Crippen LogP contribution is -2.03. The summed E-state index contributed by atoms with van der Waals surface area (Å²) in [7, 11) is 0. The van der Waals surface area contributed by atoms with Crippen LogP contribution >= 0.6 is 0 Å². The van der Waals surface area contributed by atoms with Crippen molar-refractivity contribution < 1.29 is 4.39 Å². The van der Waals surface area contributed by atoms with Crippen LogP contribution in [0.5, 0.6) is 0 Å². The van der Waals surface area contributed by atoms with Crippen molar-refractivity contribution in [3.8, 4) is 0 Å². The van der Waals surface area contributed by atoms with Crippen molar-refractivity contribution in [3.05, 3.63) is 29.8 Å². The smallest absolute Gasteiger partial charge is 0.129 e. The molecule has 0 aliphatic rings. The van der Waals surface area contributed by atoms with Crippen LogP contribution < -0.4 is 5.73 Å². The highest BCUT2D eigenvalue weighted by Crippen LogP contribution is 2.29. The molecule has 2 N–H and O–H groups in total. The molecule has 0 fully saturated rings. The Bertz CT molecular complexity index is 258. The Morgan fingerprint density at radius 3 is 2.33 bits per heavy atom. The standard InChI is InChI=1S/C10H14FN/c1-7(2)10(11)8-5-3-4-6-9(8)12/h3-7,10H,12H2,1-2H3. The second-order valence-corrected chi connectivity index (χ2v) is 3.27. The van der Waals surface area contributed by atoms with Gasteiger partial charge in [-0.1, -0.05) is 32.0 Å². The number of nitrogens with two attached hydrogens (primary N) is 1. The molecular weight excluding hydrogens is 153 g/mol. The van der Waals surface area contributed by atoms with E-state index in [4.69, 9.17) is 5.73 Å². The van der Waals surface area contributed by atoms with Crippen LogP contribution in [0.2, 0.25) is 0 Å². The molecule has 0 heterocycles. The lowest BCUT2D eigenvalue weighted by Gasteiger charge is -2.13. The average molecular weight is 167 g/mol. The molecule has 0 bridgehead atoms. The second-order valence-electron chi connectivity index (χ2n) is 3.27. The Kier molecular flexibility index (Phi) is 2.69. The number of nitrogen functional groups attached to an aromatic ring is 1. The fourth-order valence-electron chi connectivity index (χ4n) is 1.12. The lowest BCUT2D eigenvalue weighted by molar-refractivity contribution is 0.262. The molecule has 0 aliphatic carbocycles. The zero-order chi connectivity index (χ0) is 9.14. The molecule has 0 aromatic heterocycles. The van der Waals surface area contributed by atoms with Crippen molar-refractivity contribution in [2.24, 2.45) is 5.92 Å². The average Bonchev–Trinajstić information content (AvgIpc) is 2.04. The van der Waals surface area contributed by atoms with Gasteiger partial charge in [0, 0.05) is 11.3 Å². The van der Waals surface area contributed by atoms with Crippen molar-refractivity contribution in [3.63, 3.8) is 0 Å². The summed E-state index contributed by atoms with van der Waals surface area (Å²) in [5, 5.41) is 0. The molecule has 1 aromatic carbocycles. The summed E-state index contributed by atoms with van der Waals surface area (Å²) in [5.74, 6) is -0.0188. The topological polar surface area (TPSA) is 26.0 Å². The minimum Gasteiger partial charge on any atom is -0.398 e. The Morgan fingerprint density at radius 2 is 1.83 bits per heavy atom. The van der Waals surface area contributed by atoms with Crippen LogP contribution in [0, 0.1) is 5.92 Å². The van der Waals surface area contributed by atoms with Crippen LogP contribution in [0.15, 0.2) is 24.3 Å². The summed E-state index contributed by atoms with van der Waals surface area (Å²) in [6.45, 7) is 3.69. The number of hydrogen-bond acceptors (Lipinski definition) is 1. The molecule has 1 unspecified atom stereocenters. The van der Waals surface area contributed by atoms with Gasteiger partial charge >= 0.3 is 0 Å². The minimum atomic E-state index is -0.953. The number of hydrogen-bond donors (Lipinski definition) is 1. The second kappa shape index (κ2) is 3.57. The molecule has 66 valence electrons. The normalized spacial score (nSPS) is 13.3. The third-order valence-electron chi connectivity index (χ3n) is 1.88. The first-order chi connectivity index (χ1) is 5.63. The number of rotatable bonds is 2. The van der Waals surface area contributed by atoms with E-state index in [9.17, 15) is 4.39 Å². The molecule has 0 radical (unpaired) electrons. The van der Waals surface area contributed by atoms with Crippen molar-refractivity contribution in [1.29, 1.82) is 0 Å². The summed E-state index contributed by atoms with van der Waals surface area (Å²) < 4.78 is 13.4. The van der Waals surface area contributed by atoms with Crippen molar-refractivity contribution in [1.82, 2.24) is 0 Å². The summed E-state index contributed by atoms with van der Waals surface area (Å²) in [4.78, 5) is 0. The highest BCUT2D eigenvalue weighted by atomic mass is 19.1. The fourth-order valence-corrected chi connectivity index (χ4v) is 1.12. The van der Waals surface area contributed by atoms with E-state index >= 15 is 0 Å². The first-order valence-corrected chi connectivity index (χ1v) is 4.11. The molecule has 0 spiro atoms. The van der Waals surface area contributed by atoms with Crippen LogP contribution in [-0.4, -0.2) is 0 Å². The fraction of sp³-hybridized carbons (Fsp3) is 0.400. The molecule has 2 heteroatoms. The Labute approximate surface area is 72.4 Å². The highest BCUT2D eigenvalue weighted by molar-refractivity contribution is 5.47. The van der Waals surface area contributed by atoms with Gasteiger partial charge in [-0.2, -0.15) is 0 Å². The van der Waals surface area contributed by atoms with Gasteiger partial charge < -0.3 is 5.73 Å². The van der Waals surface area contributed by atoms with E-state index in [1.165, 1.54) is 0 Å². The number of para-hydroxylation sites is 1. The Morgan fingerprint density at radius 1 is 1.25 bits per heavy atom. The molecule has 0 saturated carbocycles. The van der Waals surface area contributed by atoms with Crippen LogP contribution in [0.25, 0.3) is 0 Å². The van der Waals surface area contributed by atoms with E-state index in [0.717, 1.165) is 0 Å². The van der Waals surface area contributed by atoms with Gasteiger partial charge in [0.2, 0.25) is 0 Å². The van der Waals surface area contributed by atoms with E-state index in [-0.39, 0.29) is 5.92 Å². The van der Waals surface area contributed by atoms with E-state index in [1.807, 2.05) is 19.9 Å². The predicted octanol–water partition coefficient (Wildman–Crippen LogP) is 2.94. The maximum atomic E-state index is 13.4. The molecule has 1 aromatic rings. The van der Waals surface area contributed by atoms with Gasteiger partial charge in [-0.3, -0.25) is 0 Å². The SMILES string of the molecule is CC(C)C(F)c1ccccc1N. The molecule has 1 rings (SSSR count). The molecule has 0 amide bonds. The van der Waals surface area contributed by atoms with Gasteiger partial charge in [-0.25, -0.2) is 4.39 Å². The van der Waals surface area contributed by atoms with Gasteiger partial charge in [0.15, 0.2) is 0 Å². The molecule has 1 atom stereocenters. The number of benzene rings is 1. The van der Waals surface area contributed by atoms with Gasteiger partial charge in [0.25, 0.3) is 0 Å². The lowest BCUT2D eigenvalue weighted by atomic mass is 9.99. The monoisotopic (exact) mass is 167 g/mol. The van der Waals surface area contributed by atoms with Gasteiger partial charge in [0.1, 0.15) is 6.17 Å². The first-order valence-electron chi connectivity index (χ1n) is 4.11. The zero-order valence-corrected chi connectivity index (χ0v) is 7.42. The van der Waals surface area contributed by atoms with E-state index in [0.29, 0.717) is 11.3 Å². The first kappa shape index (κ1) is 9.04. The van der Waals surface area contributed by atoms with Crippen LogP contribution in [0.3, 0.4) is 0 Å². The molecule has 12 heavy (non-hydrogen) atoms. The maximum Gasteiger partial charge on any atom is 0.129 e. The van der Waals surface area contributed by atoms with Crippen molar-refractivity contribution in [2.45, 2.75) is 20.0 Å². The Balaban J connectivity index is 2.94. The predicted molar refractivity (Wildman–Crippen MR) is 49.5 cm³/mol. The largest absolute Gasteiger partial charge is 0.398 e. The van der Waals surface area contributed by atoms with Gasteiger partial charge in [-0.05, 0) is 12.0 Å².